The van der Waals surface area contributed by atoms with E-state index in [4.69, 9.17) is 0 Å². The van der Waals surface area contributed by atoms with Crippen LogP contribution >= 0.6 is 0 Å². The van der Waals surface area contributed by atoms with Gasteiger partial charge >= 0.3 is 0 Å². The molecule has 0 bridgehead atoms. The average molecular weight is 228 g/mol. The second-order valence-corrected chi connectivity index (χ2v) is 4.38. The molecule has 0 radical (unpaired) electrons. The number of hydrogen-bond donors (Lipinski definition) is 0. The molecule has 0 aliphatic heterocycles. The number of aromatic nitrogens is 2. The predicted molar refractivity (Wildman–Crippen MR) is 67.2 cm³/mol. The summed E-state index contributed by atoms with van der Waals surface area (Å²) in [5.41, 5.74) is 3.94. The van der Waals surface area contributed by atoms with Crippen LogP contribution in [0.25, 0.3) is 0 Å². The van der Waals surface area contributed by atoms with Crippen molar-refractivity contribution in [3.05, 3.63) is 52.8 Å². The zero-order valence-corrected chi connectivity index (χ0v) is 10.4. The number of carbonyl (C=O) groups is 1. The minimum atomic E-state index is 0.117. The molecule has 0 N–H and O–H groups in total. The lowest BCUT2D eigenvalue weighted by atomic mass is 10.0. The van der Waals surface area contributed by atoms with Crippen molar-refractivity contribution in [2.75, 3.05) is 0 Å². The molecule has 1 heterocycles. The maximum atomic E-state index is 12.0. The first kappa shape index (κ1) is 11.6. The van der Waals surface area contributed by atoms with Gasteiger partial charge in [0.25, 0.3) is 0 Å². The molecule has 0 unspecified atom stereocenters. The van der Waals surface area contributed by atoms with Gasteiger partial charge in [0, 0.05) is 18.8 Å². The Morgan fingerprint density at radius 2 is 2.00 bits per heavy atom. The lowest BCUT2D eigenvalue weighted by Gasteiger charge is -2.03. The van der Waals surface area contributed by atoms with Gasteiger partial charge in [0.1, 0.15) is 0 Å². The first-order chi connectivity index (χ1) is 8.06. The number of aryl methyl sites for hydroxylation is 3. The van der Waals surface area contributed by atoms with Crippen LogP contribution in [-0.4, -0.2) is 15.6 Å². The van der Waals surface area contributed by atoms with Crippen LogP contribution in [-0.2, 0) is 13.5 Å². The molecule has 2 aromatic rings. The number of Topliss-reactive ketones (excluding diaryl/α,β-unsaturated/α-hetero) is 1. The van der Waals surface area contributed by atoms with Crippen LogP contribution in [0.15, 0.2) is 30.5 Å². The number of benzene rings is 1. The normalized spacial score (nSPS) is 10.5. The highest BCUT2D eigenvalue weighted by atomic mass is 16.1. The maximum absolute atomic E-state index is 12.0. The Hall–Kier alpha value is -1.90. The van der Waals surface area contributed by atoms with Crippen molar-refractivity contribution in [2.24, 2.45) is 7.05 Å². The molecule has 3 heteroatoms. The largest absolute Gasteiger partial charge is 0.294 e. The van der Waals surface area contributed by atoms with Crippen LogP contribution in [0.3, 0.4) is 0 Å². The molecular formula is C14H16N2O. The molecule has 0 aliphatic carbocycles. The summed E-state index contributed by atoms with van der Waals surface area (Å²) in [7, 11) is 1.85. The monoisotopic (exact) mass is 228 g/mol. The fourth-order valence-electron chi connectivity index (χ4n) is 1.74. The van der Waals surface area contributed by atoms with Gasteiger partial charge in [-0.3, -0.25) is 9.48 Å². The molecule has 17 heavy (non-hydrogen) atoms. The Bertz CT molecular complexity index is 555. The van der Waals surface area contributed by atoms with E-state index in [0.29, 0.717) is 6.42 Å². The average Bonchev–Trinajstić information content (AvgIpc) is 2.68. The number of hydrogen-bond acceptors (Lipinski definition) is 2. The fraction of sp³-hybridized carbons (Fsp3) is 0.286. The highest BCUT2D eigenvalue weighted by Crippen LogP contribution is 2.12. The van der Waals surface area contributed by atoms with Crippen LogP contribution < -0.4 is 0 Å². The van der Waals surface area contributed by atoms with Crippen LogP contribution in [0.5, 0.6) is 0 Å². The quantitative estimate of drug-likeness (QED) is 0.756. The first-order valence-electron chi connectivity index (χ1n) is 5.65. The number of carbonyl (C=O) groups excluding carboxylic acids is 1. The zero-order chi connectivity index (χ0) is 12.4. The predicted octanol–water partition coefficient (Wildman–Crippen LogP) is 2.46. The number of nitrogens with zero attached hydrogens (tertiary/aromatic N) is 2. The van der Waals surface area contributed by atoms with E-state index in [1.54, 1.807) is 4.68 Å². The Morgan fingerprint density at radius 3 is 2.59 bits per heavy atom. The zero-order valence-electron chi connectivity index (χ0n) is 10.4. The highest BCUT2D eigenvalue weighted by Gasteiger charge is 2.09. The van der Waals surface area contributed by atoms with Crippen LogP contribution in [0.2, 0.25) is 0 Å². The van der Waals surface area contributed by atoms with Gasteiger partial charge in [-0.1, -0.05) is 12.1 Å². The van der Waals surface area contributed by atoms with E-state index in [-0.39, 0.29) is 5.78 Å². The number of ketones is 1. The van der Waals surface area contributed by atoms with Gasteiger partial charge < -0.3 is 0 Å². The van der Waals surface area contributed by atoms with E-state index >= 15 is 0 Å². The highest BCUT2D eigenvalue weighted by molar-refractivity contribution is 5.97. The standard InChI is InChI=1S/C14H16N2O/c1-10-4-5-12(8-11(10)2)14(17)9-13-6-7-16(3)15-13/h4-8H,9H2,1-3H3. The van der Waals surface area contributed by atoms with Crippen molar-refractivity contribution in [1.29, 1.82) is 0 Å². The molecule has 0 spiro atoms. The van der Waals surface area contributed by atoms with Crippen LogP contribution in [0, 0.1) is 13.8 Å². The van der Waals surface area contributed by atoms with Gasteiger partial charge in [0.2, 0.25) is 0 Å². The fourth-order valence-corrected chi connectivity index (χ4v) is 1.74. The Balaban J connectivity index is 2.17. The summed E-state index contributed by atoms with van der Waals surface area (Å²) in [5, 5.41) is 4.21. The third-order valence-electron chi connectivity index (χ3n) is 2.94. The van der Waals surface area contributed by atoms with Gasteiger partial charge in [0.05, 0.1) is 12.1 Å². The Kier molecular flexibility index (Phi) is 3.09. The minimum Gasteiger partial charge on any atom is -0.294 e. The summed E-state index contributed by atoms with van der Waals surface area (Å²) >= 11 is 0. The molecule has 1 aromatic heterocycles. The molecule has 0 aliphatic rings. The first-order valence-corrected chi connectivity index (χ1v) is 5.65. The SMILES string of the molecule is Cc1ccc(C(=O)Cc2ccn(C)n2)cc1C. The third-order valence-corrected chi connectivity index (χ3v) is 2.94. The van der Waals surface area contributed by atoms with Crippen LogP contribution in [0.4, 0.5) is 0 Å². The van der Waals surface area contributed by atoms with Crippen molar-refractivity contribution in [2.45, 2.75) is 20.3 Å². The van der Waals surface area contributed by atoms with Crippen molar-refractivity contribution >= 4 is 5.78 Å². The molecule has 0 saturated carbocycles. The second-order valence-electron chi connectivity index (χ2n) is 4.38. The van der Waals surface area contributed by atoms with Gasteiger partial charge in [-0.05, 0) is 37.1 Å². The van der Waals surface area contributed by atoms with E-state index in [1.807, 2.05) is 51.4 Å². The van der Waals surface area contributed by atoms with E-state index < -0.39 is 0 Å². The van der Waals surface area contributed by atoms with Crippen molar-refractivity contribution < 1.29 is 4.79 Å². The van der Waals surface area contributed by atoms with Crippen LogP contribution in [0.1, 0.15) is 27.2 Å². The van der Waals surface area contributed by atoms with Gasteiger partial charge in [-0.2, -0.15) is 5.10 Å². The van der Waals surface area contributed by atoms with Gasteiger partial charge in [-0.15, -0.1) is 0 Å². The summed E-state index contributed by atoms with van der Waals surface area (Å²) in [6.07, 6.45) is 2.21. The summed E-state index contributed by atoms with van der Waals surface area (Å²) < 4.78 is 1.71. The molecule has 2 rings (SSSR count). The summed E-state index contributed by atoms with van der Waals surface area (Å²) in [5.74, 6) is 0.117. The topological polar surface area (TPSA) is 34.9 Å². The molecule has 88 valence electrons. The van der Waals surface area contributed by atoms with Crippen molar-refractivity contribution in [3.8, 4) is 0 Å². The van der Waals surface area contributed by atoms with Crippen molar-refractivity contribution in [1.82, 2.24) is 9.78 Å². The molecule has 1 aromatic carbocycles. The van der Waals surface area contributed by atoms with E-state index in [9.17, 15) is 4.79 Å². The van der Waals surface area contributed by atoms with Gasteiger partial charge in [-0.25, -0.2) is 0 Å². The smallest absolute Gasteiger partial charge is 0.168 e. The summed E-state index contributed by atoms with van der Waals surface area (Å²) in [6.45, 7) is 4.06. The van der Waals surface area contributed by atoms with Crippen molar-refractivity contribution in [3.63, 3.8) is 0 Å². The second kappa shape index (κ2) is 4.53. The van der Waals surface area contributed by atoms with E-state index in [1.165, 1.54) is 5.56 Å². The molecular weight excluding hydrogens is 212 g/mol. The molecule has 3 nitrogen and oxygen atoms in total. The molecule has 0 fully saturated rings. The van der Waals surface area contributed by atoms with E-state index in [0.717, 1.165) is 16.8 Å². The molecule has 0 saturated heterocycles. The maximum Gasteiger partial charge on any atom is 0.168 e. The minimum absolute atomic E-state index is 0.117. The molecule has 0 atom stereocenters. The number of rotatable bonds is 3. The summed E-state index contributed by atoms with van der Waals surface area (Å²) in [4.78, 5) is 12.0. The molecule has 0 amide bonds. The van der Waals surface area contributed by atoms with Gasteiger partial charge in [0.15, 0.2) is 5.78 Å². The Labute approximate surface area is 101 Å². The lowest BCUT2D eigenvalue weighted by Crippen LogP contribution is -2.05. The van der Waals surface area contributed by atoms with E-state index in [2.05, 4.69) is 5.10 Å². The third kappa shape index (κ3) is 2.61. The lowest BCUT2D eigenvalue weighted by molar-refractivity contribution is 0.0991. The summed E-state index contributed by atoms with van der Waals surface area (Å²) in [6, 6.07) is 7.69. The Morgan fingerprint density at radius 1 is 1.24 bits per heavy atom.